The average Bonchev–Trinajstić information content (AvgIpc) is 3.22. The van der Waals surface area contributed by atoms with Crippen LogP contribution in [0.15, 0.2) is 66.9 Å². The van der Waals surface area contributed by atoms with Gasteiger partial charge in [0.25, 0.3) is 0 Å². The van der Waals surface area contributed by atoms with Crippen LogP contribution in [0.2, 0.25) is 0 Å². The van der Waals surface area contributed by atoms with E-state index in [4.69, 9.17) is 15.3 Å². The van der Waals surface area contributed by atoms with Crippen LogP contribution in [0.3, 0.4) is 0 Å². The maximum Gasteiger partial charge on any atom is 0.324 e. The number of benzene rings is 2. The summed E-state index contributed by atoms with van der Waals surface area (Å²) >= 11 is 0. The number of ether oxygens (including phenoxy) is 1. The smallest absolute Gasteiger partial charge is 0.324 e. The van der Waals surface area contributed by atoms with Crippen LogP contribution in [0.25, 0.3) is 21.8 Å². The Hall–Kier alpha value is -3.71. The number of esters is 1. The SMILES string of the molecule is CCC(C)(C=O)C(N)C(=O)OCc1ccccc1.COn1c2ccccc2c2ccnc(C)c21. The minimum atomic E-state index is -0.927. The molecule has 0 fully saturated rings. The number of nitrogens with two attached hydrogens (primary N) is 1. The van der Waals surface area contributed by atoms with Crippen molar-refractivity contribution < 1.29 is 19.2 Å². The Morgan fingerprint density at radius 2 is 1.79 bits per heavy atom. The van der Waals surface area contributed by atoms with E-state index in [0.29, 0.717) is 6.42 Å². The minimum Gasteiger partial charge on any atom is -0.460 e. The average molecular weight is 462 g/mol. The molecule has 0 bridgehead atoms. The van der Waals surface area contributed by atoms with Gasteiger partial charge in [0.15, 0.2) is 0 Å². The molecule has 7 nitrogen and oxygen atoms in total. The lowest BCUT2D eigenvalue weighted by atomic mass is 9.82. The fraction of sp³-hybridized carbons (Fsp3) is 0.296. The van der Waals surface area contributed by atoms with Crippen LogP contribution in [-0.2, 0) is 20.9 Å². The van der Waals surface area contributed by atoms with Crippen LogP contribution in [0.5, 0.6) is 0 Å². The number of aryl methyl sites for hydroxylation is 1. The monoisotopic (exact) mass is 461 g/mol. The van der Waals surface area contributed by atoms with Gasteiger partial charge in [-0.15, -0.1) is 0 Å². The maximum atomic E-state index is 11.8. The summed E-state index contributed by atoms with van der Waals surface area (Å²) in [4.78, 5) is 32.5. The Labute approximate surface area is 199 Å². The number of pyridine rings is 1. The van der Waals surface area contributed by atoms with Gasteiger partial charge < -0.3 is 20.1 Å². The van der Waals surface area contributed by atoms with Gasteiger partial charge in [-0.1, -0.05) is 62.4 Å². The van der Waals surface area contributed by atoms with E-state index in [-0.39, 0.29) is 6.61 Å². The number of fused-ring (bicyclic) bond motifs is 3. The Kier molecular flexibility index (Phi) is 8.02. The van der Waals surface area contributed by atoms with Crippen LogP contribution in [0.1, 0.15) is 31.5 Å². The van der Waals surface area contributed by atoms with Crippen molar-refractivity contribution in [3.05, 3.63) is 78.1 Å². The summed E-state index contributed by atoms with van der Waals surface area (Å²) < 4.78 is 6.96. The number of aldehydes is 1. The van der Waals surface area contributed by atoms with Crippen LogP contribution >= 0.6 is 0 Å². The Morgan fingerprint density at radius 1 is 1.12 bits per heavy atom. The van der Waals surface area contributed by atoms with Gasteiger partial charge in [-0.2, -0.15) is 4.73 Å². The zero-order valence-corrected chi connectivity index (χ0v) is 20.0. The van der Waals surface area contributed by atoms with Crippen LogP contribution in [-0.4, -0.2) is 35.1 Å². The molecule has 2 aromatic heterocycles. The first-order valence-corrected chi connectivity index (χ1v) is 11.2. The predicted molar refractivity (Wildman–Crippen MR) is 133 cm³/mol. The lowest BCUT2D eigenvalue weighted by molar-refractivity contribution is -0.151. The molecule has 7 heteroatoms. The largest absolute Gasteiger partial charge is 0.460 e. The molecule has 2 unspecified atom stereocenters. The third kappa shape index (κ3) is 5.10. The van der Waals surface area contributed by atoms with Crippen molar-refractivity contribution in [3.63, 3.8) is 0 Å². The van der Waals surface area contributed by atoms with Gasteiger partial charge in [0.05, 0.1) is 11.2 Å². The van der Waals surface area contributed by atoms with Gasteiger partial charge in [0.2, 0.25) is 0 Å². The van der Waals surface area contributed by atoms with Crippen molar-refractivity contribution >= 4 is 34.1 Å². The number of nitrogens with zero attached hydrogens (tertiary/aromatic N) is 2. The second-order valence-corrected chi connectivity index (χ2v) is 8.33. The molecule has 0 amide bonds. The lowest BCUT2D eigenvalue weighted by Crippen LogP contribution is -2.47. The summed E-state index contributed by atoms with van der Waals surface area (Å²) in [7, 11) is 1.68. The molecule has 2 heterocycles. The first-order valence-electron chi connectivity index (χ1n) is 11.2. The fourth-order valence-corrected chi connectivity index (χ4v) is 3.69. The van der Waals surface area contributed by atoms with E-state index < -0.39 is 17.4 Å². The van der Waals surface area contributed by atoms with Gasteiger partial charge in [-0.05, 0) is 31.0 Å². The van der Waals surface area contributed by atoms with Crippen molar-refractivity contribution in [2.45, 2.75) is 39.8 Å². The molecule has 178 valence electrons. The number of para-hydroxylation sites is 1. The molecule has 0 aliphatic carbocycles. The molecule has 34 heavy (non-hydrogen) atoms. The van der Waals surface area contributed by atoms with E-state index >= 15 is 0 Å². The normalized spacial score (nSPS) is 13.4. The van der Waals surface area contributed by atoms with E-state index in [1.807, 2.05) is 73.3 Å². The quantitative estimate of drug-likeness (QED) is 0.327. The molecule has 4 rings (SSSR count). The molecule has 0 radical (unpaired) electrons. The lowest BCUT2D eigenvalue weighted by Gasteiger charge is -2.26. The van der Waals surface area contributed by atoms with Crippen LogP contribution in [0, 0.1) is 12.3 Å². The highest BCUT2D eigenvalue weighted by atomic mass is 16.6. The highest BCUT2D eigenvalue weighted by Crippen LogP contribution is 2.28. The third-order valence-corrected chi connectivity index (χ3v) is 6.13. The molecular formula is C27H31N3O4. The molecule has 0 saturated carbocycles. The van der Waals surface area contributed by atoms with E-state index in [1.54, 1.807) is 14.0 Å². The second kappa shape index (κ2) is 10.9. The Morgan fingerprint density at radius 3 is 2.44 bits per heavy atom. The molecule has 4 aromatic rings. The van der Waals surface area contributed by atoms with Gasteiger partial charge >= 0.3 is 5.97 Å². The van der Waals surface area contributed by atoms with Crippen molar-refractivity contribution in [3.8, 4) is 0 Å². The van der Waals surface area contributed by atoms with E-state index in [1.165, 1.54) is 10.8 Å². The van der Waals surface area contributed by atoms with Crippen molar-refractivity contribution in [1.29, 1.82) is 0 Å². The van der Waals surface area contributed by atoms with Crippen LogP contribution in [0.4, 0.5) is 0 Å². The standard InChI is InChI=1S/C14H19NO3.C13H12N2O/c1-3-14(2,10-16)12(15)13(17)18-9-11-7-5-4-6-8-11;1-9-13-11(7-8-14-9)10-5-3-4-6-12(10)15(13)16-2/h4-8,10,12H,3,9,15H2,1-2H3;3-8H,1-2H3. The zero-order valence-electron chi connectivity index (χ0n) is 20.0. The van der Waals surface area contributed by atoms with E-state index in [9.17, 15) is 9.59 Å². The molecule has 2 aromatic carbocycles. The predicted octanol–water partition coefficient (Wildman–Crippen LogP) is 4.23. The summed E-state index contributed by atoms with van der Waals surface area (Å²) in [5.74, 6) is -0.546. The van der Waals surface area contributed by atoms with Crippen molar-refractivity contribution in [2.24, 2.45) is 11.1 Å². The second-order valence-electron chi connectivity index (χ2n) is 8.33. The number of hydrogen-bond donors (Lipinski definition) is 1. The summed E-state index contributed by atoms with van der Waals surface area (Å²) in [6.07, 6.45) is 3.06. The molecule has 2 atom stereocenters. The molecule has 0 aliphatic heterocycles. The van der Waals surface area contributed by atoms with Crippen molar-refractivity contribution in [1.82, 2.24) is 9.71 Å². The van der Waals surface area contributed by atoms with E-state index in [0.717, 1.165) is 28.6 Å². The Bertz CT molecular complexity index is 1270. The number of hydrogen-bond acceptors (Lipinski definition) is 6. The molecule has 2 N–H and O–H groups in total. The molecule has 0 spiro atoms. The van der Waals surface area contributed by atoms with Gasteiger partial charge in [0.1, 0.15) is 31.6 Å². The summed E-state index contributed by atoms with van der Waals surface area (Å²) in [5, 5.41) is 2.38. The zero-order chi connectivity index (χ0) is 24.7. The van der Waals surface area contributed by atoms with E-state index in [2.05, 4.69) is 17.1 Å². The number of aromatic nitrogens is 2. The maximum absolute atomic E-state index is 11.8. The minimum absolute atomic E-state index is 0.173. The van der Waals surface area contributed by atoms with Gasteiger partial charge in [0, 0.05) is 22.4 Å². The molecule has 0 saturated heterocycles. The number of carbonyl (C=O) groups is 2. The Balaban J connectivity index is 0.000000191. The first kappa shape index (κ1) is 24.9. The summed E-state index contributed by atoms with van der Waals surface area (Å²) in [6, 6.07) is 18.6. The number of carbonyl (C=O) groups excluding carboxylic acids is 2. The third-order valence-electron chi connectivity index (χ3n) is 6.13. The molecule has 0 aliphatic rings. The fourth-order valence-electron chi connectivity index (χ4n) is 3.69. The summed E-state index contributed by atoms with van der Waals surface area (Å²) in [5.41, 5.74) is 8.91. The van der Waals surface area contributed by atoms with Crippen LogP contribution < -0.4 is 10.6 Å². The number of rotatable bonds is 7. The highest BCUT2D eigenvalue weighted by Gasteiger charge is 2.35. The van der Waals surface area contributed by atoms with Gasteiger partial charge in [-0.25, -0.2) is 0 Å². The highest BCUT2D eigenvalue weighted by molar-refractivity contribution is 6.08. The summed E-state index contributed by atoms with van der Waals surface area (Å²) in [6.45, 7) is 5.65. The first-order chi connectivity index (χ1) is 16.4. The molecular weight excluding hydrogens is 430 g/mol. The topological polar surface area (TPSA) is 96.4 Å². The van der Waals surface area contributed by atoms with Crippen molar-refractivity contribution in [2.75, 3.05) is 7.11 Å². The van der Waals surface area contributed by atoms with Gasteiger partial charge in [-0.3, -0.25) is 9.78 Å².